The largest absolute Gasteiger partial charge is 0.455 e. The summed E-state index contributed by atoms with van der Waals surface area (Å²) in [6.07, 6.45) is 4.27. The number of fused-ring (bicyclic) bond motifs is 8. The lowest BCUT2D eigenvalue weighted by molar-refractivity contribution is 0.494. The first kappa shape index (κ1) is 28.6. The highest BCUT2D eigenvalue weighted by molar-refractivity contribution is 6.36. The normalized spacial score (nSPS) is 13.7. The summed E-state index contributed by atoms with van der Waals surface area (Å²) in [5, 5.41) is 10.2. The van der Waals surface area contributed by atoms with Crippen LogP contribution >= 0.6 is 0 Å². The Morgan fingerprint density at radius 2 is 1.10 bits per heavy atom. The fraction of sp³-hybridized carbons (Fsp3) is 0.167. The number of benzene rings is 8. The van der Waals surface area contributed by atoms with Crippen LogP contribution in [-0.4, -0.2) is 0 Å². The Hall–Kier alpha value is -5.40. The van der Waals surface area contributed by atoms with E-state index in [9.17, 15) is 0 Å². The predicted octanol–water partition coefficient (Wildman–Crippen LogP) is 13.9. The van der Waals surface area contributed by atoms with Gasteiger partial charge in [-0.2, -0.15) is 0 Å². The van der Waals surface area contributed by atoms with Gasteiger partial charge in [-0.05, 0) is 121 Å². The van der Waals surface area contributed by atoms with Gasteiger partial charge in [-0.1, -0.05) is 124 Å². The maximum absolute atomic E-state index is 6.96. The highest BCUT2D eigenvalue weighted by Crippen LogP contribution is 2.58. The third kappa shape index (κ3) is 3.82. The molecule has 0 N–H and O–H groups in total. The van der Waals surface area contributed by atoms with Crippen LogP contribution in [0.2, 0.25) is 0 Å². The molecule has 1 heterocycles. The van der Waals surface area contributed by atoms with Crippen LogP contribution in [0.3, 0.4) is 0 Å². The number of hydrogen-bond donors (Lipinski definition) is 0. The molecule has 0 atom stereocenters. The van der Waals surface area contributed by atoms with Gasteiger partial charge in [0.2, 0.25) is 0 Å². The Morgan fingerprint density at radius 3 is 1.80 bits per heavy atom. The molecule has 9 aromatic rings. The van der Waals surface area contributed by atoms with Crippen molar-refractivity contribution in [2.45, 2.75) is 51.9 Å². The third-order valence-electron chi connectivity index (χ3n) is 11.8. The van der Waals surface area contributed by atoms with Crippen LogP contribution in [0.1, 0.15) is 56.7 Å². The molecular weight excluding hydrogens is 593 g/mol. The Morgan fingerprint density at radius 1 is 0.490 bits per heavy atom. The predicted molar refractivity (Wildman–Crippen MR) is 209 cm³/mol. The lowest BCUT2D eigenvalue weighted by Crippen LogP contribution is -2.23. The molecular formula is C48H38O. The third-order valence-corrected chi connectivity index (χ3v) is 11.8. The minimum Gasteiger partial charge on any atom is -0.455 e. The summed E-state index contributed by atoms with van der Waals surface area (Å²) in [6.45, 7) is 7.00. The van der Waals surface area contributed by atoms with Crippen LogP contribution in [0.4, 0.5) is 0 Å². The number of aryl methyl sites for hydroxylation is 1. The quantitative estimate of drug-likeness (QED) is 0.167. The second kappa shape index (κ2) is 10.5. The van der Waals surface area contributed by atoms with Crippen molar-refractivity contribution in [2.75, 3.05) is 0 Å². The molecule has 1 heteroatoms. The minimum absolute atomic E-state index is 0.0561. The molecule has 1 aliphatic rings. The van der Waals surface area contributed by atoms with Crippen LogP contribution in [0, 0.1) is 0 Å². The molecule has 236 valence electrons. The molecule has 0 bridgehead atoms. The van der Waals surface area contributed by atoms with Gasteiger partial charge in [-0.3, -0.25) is 0 Å². The van der Waals surface area contributed by atoms with Gasteiger partial charge in [0.1, 0.15) is 11.2 Å². The van der Waals surface area contributed by atoms with Crippen molar-refractivity contribution in [3.8, 4) is 33.4 Å². The van der Waals surface area contributed by atoms with Gasteiger partial charge in [0.05, 0.1) is 0 Å². The van der Waals surface area contributed by atoms with Crippen molar-refractivity contribution in [1.82, 2.24) is 0 Å². The van der Waals surface area contributed by atoms with Crippen molar-refractivity contribution in [3.05, 3.63) is 144 Å². The monoisotopic (exact) mass is 630 g/mol. The molecule has 1 aliphatic carbocycles. The summed E-state index contributed by atoms with van der Waals surface area (Å²) in [6, 6.07) is 48.0. The van der Waals surface area contributed by atoms with Crippen LogP contribution in [-0.2, 0) is 11.8 Å². The van der Waals surface area contributed by atoms with Crippen molar-refractivity contribution >= 4 is 54.3 Å². The van der Waals surface area contributed by atoms with Crippen LogP contribution in [0.25, 0.3) is 87.6 Å². The van der Waals surface area contributed by atoms with E-state index in [1.807, 2.05) is 0 Å². The van der Waals surface area contributed by atoms with E-state index in [2.05, 4.69) is 148 Å². The average molecular weight is 631 g/mol. The van der Waals surface area contributed by atoms with Crippen molar-refractivity contribution in [1.29, 1.82) is 0 Å². The van der Waals surface area contributed by atoms with Crippen molar-refractivity contribution in [2.24, 2.45) is 0 Å². The Kier molecular flexibility index (Phi) is 6.16. The zero-order chi connectivity index (χ0) is 32.9. The lowest BCUT2D eigenvalue weighted by Gasteiger charge is -2.32. The van der Waals surface area contributed by atoms with Gasteiger partial charge < -0.3 is 4.42 Å². The van der Waals surface area contributed by atoms with Crippen LogP contribution in [0.5, 0.6) is 0 Å². The van der Waals surface area contributed by atoms with E-state index in [-0.39, 0.29) is 5.41 Å². The van der Waals surface area contributed by atoms with Crippen LogP contribution in [0.15, 0.2) is 132 Å². The standard InChI is InChI=1S/C48H38O/c1-4-15-29-22-23-33-39-28-37-34(30-16-9-7-10-17-30)25-40-44-36(27-38-32-20-13-14-21-42(32)48(5-2,6-3)46(38)40)35(31-18-11-8-12-19-31)26-41(45(37)44)47(39)49-43(33)24-29/h7-14,16-28H,4-6,15H2,1-3H3. The fourth-order valence-corrected chi connectivity index (χ4v) is 9.51. The molecule has 0 saturated heterocycles. The fourth-order valence-electron chi connectivity index (χ4n) is 9.51. The molecule has 0 saturated carbocycles. The van der Waals surface area contributed by atoms with E-state index in [1.54, 1.807) is 0 Å². The van der Waals surface area contributed by atoms with E-state index < -0.39 is 0 Å². The van der Waals surface area contributed by atoms with E-state index in [1.165, 1.54) is 93.2 Å². The molecule has 1 aromatic heterocycles. The van der Waals surface area contributed by atoms with Crippen LogP contribution < -0.4 is 0 Å². The first-order valence-electron chi connectivity index (χ1n) is 18.0. The van der Waals surface area contributed by atoms with Gasteiger partial charge in [-0.25, -0.2) is 0 Å². The van der Waals surface area contributed by atoms with E-state index in [4.69, 9.17) is 4.42 Å². The van der Waals surface area contributed by atoms with Gasteiger partial charge in [-0.15, -0.1) is 0 Å². The second-order valence-corrected chi connectivity index (χ2v) is 14.1. The Bertz CT molecular complexity index is 2720. The molecule has 0 radical (unpaired) electrons. The highest BCUT2D eigenvalue weighted by atomic mass is 16.3. The summed E-state index contributed by atoms with van der Waals surface area (Å²) in [5.41, 5.74) is 14.0. The van der Waals surface area contributed by atoms with Gasteiger partial charge in [0.15, 0.2) is 0 Å². The molecule has 0 unspecified atom stereocenters. The molecule has 1 nitrogen and oxygen atoms in total. The zero-order valence-electron chi connectivity index (χ0n) is 28.4. The highest BCUT2D eigenvalue weighted by Gasteiger charge is 2.42. The molecule has 0 spiro atoms. The maximum Gasteiger partial charge on any atom is 0.143 e. The molecule has 0 fully saturated rings. The number of rotatable bonds is 6. The smallest absolute Gasteiger partial charge is 0.143 e. The SMILES string of the molecule is CCCc1ccc2c(c1)oc1c2cc2c(-c3ccccc3)cc3c4c(cc5c(-c6ccccc6)cc1c2c53)-c1ccccc1C4(CC)CC. The minimum atomic E-state index is -0.0561. The van der Waals surface area contributed by atoms with Gasteiger partial charge in [0, 0.05) is 27.0 Å². The van der Waals surface area contributed by atoms with Crippen molar-refractivity contribution < 1.29 is 4.42 Å². The van der Waals surface area contributed by atoms with Gasteiger partial charge >= 0.3 is 0 Å². The first-order valence-corrected chi connectivity index (χ1v) is 18.0. The molecule has 8 aromatic carbocycles. The number of furan rings is 1. The summed E-state index contributed by atoms with van der Waals surface area (Å²) in [7, 11) is 0. The molecule has 49 heavy (non-hydrogen) atoms. The van der Waals surface area contributed by atoms with E-state index in [0.29, 0.717) is 0 Å². The summed E-state index contributed by atoms with van der Waals surface area (Å²) >= 11 is 0. The van der Waals surface area contributed by atoms with E-state index >= 15 is 0 Å². The summed E-state index contributed by atoms with van der Waals surface area (Å²) in [4.78, 5) is 0. The molecule has 0 aliphatic heterocycles. The first-order chi connectivity index (χ1) is 24.1. The average Bonchev–Trinajstić information content (AvgIpc) is 3.67. The second-order valence-electron chi connectivity index (χ2n) is 14.1. The molecule has 0 amide bonds. The zero-order valence-corrected chi connectivity index (χ0v) is 28.4. The topological polar surface area (TPSA) is 13.1 Å². The summed E-state index contributed by atoms with van der Waals surface area (Å²) < 4.78 is 6.96. The lowest BCUT2D eigenvalue weighted by atomic mass is 9.71. The Balaban J connectivity index is 1.48. The Labute approximate surface area is 287 Å². The number of hydrogen-bond acceptors (Lipinski definition) is 1. The molecule has 10 rings (SSSR count). The van der Waals surface area contributed by atoms with Gasteiger partial charge in [0.25, 0.3) is 0 Å². The van der Waals surface area contributed by atoms with E-state index in [0.717, 1.165) is 36.8 Å². The maximum atomic E-state index is 6.96. The summed E-state index contributed by atoms with van der Waals surface area (Å²) in [5.74, 6) is 0. The van der Waals surface area contributed by atoms with Crippen molar-refractivity contribution in [3.63, 3.8) is 0 Å².